The number of fused-ring (bicyclic) bond motifs is 1. The van der Waals surface area contributed by atoms with Crippen molar-refractivity contribution in [3.63, 3.8) is 0 Å². The summed E-state index contributed by atoms with van der Waals surface area (Å²) in [6, 6.07) is 12.6. The molecular formula is C21H23F3N4O3. The van der Waals surface area contributed by atoms with E-state index in [-0.39, 0.29) is 35.2 Å². The molecule has 0 aliphatic rings. The standard InChI is InChI=1S/C21H23F3N4O3/c22-21(23,24)20(29,14-26-10-4-9-25)18-13-27(12-15-5-2-1-3-6-15)19-11-16(28(30)31)7-8-17(18)19/h1-3,5-8,11,13,26,29H,4,9-10,12,14,25H2. The fourth-order valence-electron chi connectivity index (χ4n) is 3.48. The number of rotatable bonds is 9. The molecule has 1 heterocycles. The molecule has 0 saturated carbocycles. The maximum absolute atomic E-state index is 14.0. The van der Waals surface area contributed by atoms with Gasteiger partial charge in [0.15, 0.2) is 5.60 Å². The lowest BCUT2D eigenvalue weighted by molar-refractivity contribution is -0.384. The molecule has 10 heteroatoms. The molecule has 0 aliphatic heterocycles. The third kappa shape index (κ3) is 4.71. The molecule has 7 nitrogen and oxygen atoms in total. The van der Waals surface area contributed by atoms with Crippen LogP contribution in [0.3, 0.4) is 0 Å². The molecule has 2 aromatic carbocycles. The quantitative estimate of drug-likeness (QED) is 0.271. The number of non-ortho nitro benzene ring substituents is 1. The Morgan fingerprint density at radius 1 is 1.16 bits per heavy atom. The molecule has 1 unspecified atom stereocenters. The topological polar surface area (TPSA) is 106 Å². The van der Waals surface area contributed by atoms with E-state index in [1.807, 2.05) is 6.07 Å². The summed E-state index contributed by atoms with van der Waals surface area (Å²) >= 11 is 0. The SMILES string of the molecule is NCCCNCC(O)(c1cn(Cc2ccccc2)c2cc([N+](=O)[O-])ccc12)C(F)(F)F. The van der Waals surface area contributed by atoms with Crippen LogP contribution in [0.25, 0.3) is 10.9 Å². The fraction of sp³-hybridized carbons (Fsp3) is 0.333. The Hall–Kier alpha value is -2.95. The van der Waals surface area contributed by atoms with E-state index >= 15 is 0 Å². The smallest absolute Gasteiger partial charge is 0.375 e. The Morgan fingerprint density at radius 2 is 1.87 bits per heavy atom. The average Bonchev–Trinajstić information content (AvgIpc) is 3.09. The van der Waals surface area contributed by atoms with Gasteiger partial charge in [0.1, 0.15) is 0 Å². The first-order valence-corrected chi connectivity index (χ1v) is 9.69. The minimum Gasteiger partial charge on any atom is -0.375 e. The number of aliphatic hydroxyl groups is 1. The molecular weight excluding hydrogens is 413 g/mol. The van der Waals surface area contributed by atoms with Crippen LogP contribution in [0.5, 0.6) is 0 Å². The minimum absolute atomic E-state index is 0.0991. The number of nitro groups is 1. The zero-order chi connectivity index (χ0) is 22.6. The molecule has 1 aromatic heterocycles. The lowest BCUT2D eigenvalue weighted by Crippen LogP contribution is -2.50. The van der Waals surface area contributed by atoms with Crippen LogP contribution >= 0.6 is 0 Å². The first-order chi connectivity index (χ1) is 14.7. The number of hydrogen-bond acceptors (Lipinski definition) is 5. The number of halogens is 3. The van der Waals surface area contributed by atoms with Crippen LogP contribution in [0.1, 0.15) is 17.5 Å². The predicted molar refractivity (Wildman–Crippen MR) is 111 cm³/mol. The summed E-state index contributed by atoms with van der Waals surface area (Å²) in [4.78, 5) is 10.6. The van der Waals surface area contributed by atoms with E-state index < -0.39 is 23.2 Å². The summed E-state index contributed by atoms with van der Waals surface area (Å²) in [6.45, 7) is -0.0640. The number of benzene rings is 2. The molecule has 0 fully saturated rings. The Morgan fingerprint density at radius 3 is 2.48 bits per heavy atom. The van der Waals surface area contributed by atoms with Crippen molar-refractivity contribution in [2.45, 2.75) is 24.7 Å². The normalized spacial score (nSPS) is 14.0. The molecule has 0 spiro atoms. The lowest BCUT2D eigenvalue weighted by Gasteiger charge is -2.30. The number of hydrogen-bond donors (Lipinski definition) is 3. The van der Waals surface area contributed by atoms with Crippen molar-refractivity contribution >= 4 is 16.6 Å². The van der Waals surface area contributed by atoms with E-state index in [1.54, 1.807) is 24.3 Å². The van der Waals surface area contributed by atoms with Gasteiger partial charge in [0.2, 0.25) is 0 Å². The minimum atomic E-state index is -4.98. The van der Waals surface area contributed by atoms with Crippen molar-refractivity contribution < 1.29 is 23.2 Å². The summed E-state index contributed by atoms with van der Waals surface area (Å²) in [5.74, 6) is 0. The van der Waals surface area contributed by atoms with Crippen LogP contribution in [-0.4, -0.2) is 40.4 Å². The van der Waals surface area contributed by atoms with E-state index in [9.17, 15) is 28.4 Å². The van der Waals surface area contributed by atoms with Crippen molar-refractivity contribution in [3.05, 3.63) is 76.0 Å². The van der Waals surface area contributed by atoms with Crippen molar-refractivity contribution in [2.75, 3.05) is 19.6 Å². The van der Waals surface area contributed by atoms with E-state index in [2.05, 4.69) is 5.32 Å². The zero-order valence-corrected chi connectivity index (χ0v) is 16.6. The van der Waals surface area contributed by atoms with E-state index in [0.29, 0.717) is 13.0 Å². The summed E-state index contributed by atoms with van der Waals surface area (Å²) < 4.78 is 43.6. The van der Waals surface area contributed by atoms with Crippen molar-refractivity contribution in [3.8, 4) is 0 Å². The van der Waals surface area contributed by atoms with Crippen LogP contribution in [0.2, 0.25) is 0 Å². The van der Waals surface area contributed by atoms with Gasteiger partial charge < -0.3 is 20.7 Å². The number of aromatic nitrogens is 1. The second-order valence-electron chi connectivity index (χ2n) is 7.29. The first-order valence-electron chi connectivity index (χ1n) is 9.69. The number of alkyl halides is 3. The Labute approximate surface area is 176 Å². The number of nitrogens with two attached hydrogens (primary N) is 1. The summed E-state index contributed by atoms with van der Waals surface area (Å²) in [5, 5.41) is 24.8. The van der Waals surface area contributed by atoms with Crippen LogP contribution in [0.15, 0.2) is 54.7 Å². The Bertz CT molecular complexity index is 1050. The highest BCUT2D eigenvalue weighted by atomic mass is 19.4. The number of nitrogens with one attached hydrogen (secondary N) is 1. The summed E-state index contributed by atoms with van der Waals surface area (Å²) in [7, 11) is 0. The van der Waals surface area contributed by atoms with Gasteiger partial charge in [-0.1, -0.05) is 30.3 Å². The molecule has 0 radical (unpaired) electrons. The molecule has 0 amide bonds. The van der Waals surface area contributed by atoms with Crippen LogP contribution in [0.4, 0.5) is 18.9 Å². The molecule has 0 bridgehead atoms. The summed E-state index contributed by atoms with van der Waals surface area (Å²) in [5.41, 5.74) is 2.63. The van der Waals surface area contributed by atoms with Gasteiger partial charge in [0, 0.05) is 42.4 Å². The van der Waals surface area contributed by atoms with Gasteiger partial charge in [-0.2, -0.15) is 13.2 Å². The summed E-state index contributed by atoms with van der Waals surface area (Å²) in [6.07, 6.45) is -3.30. The van der Waals surface area contributed by atoms with Gasteiger partial charge in [-0.25, -0.2) is 0 Å². The van der Waals surface area contributed by atoms with Crippen molar-refractivity contribution in [1.82, 2.24) is 9.88 Å². The molecule has 0 aliphatic carbocycles. The van der Waals surface area contributed by atoms with E-state index in [0.717, 1.165) is 11.6 Å². The zero-order valence-electron chi connectivity index (χ0n) is 16.6. The van der Waals surface area contributed by atoms with E-state index in [1.165, 1.54) is 22.9 Å². The highest BCUT2D eigenvalue weighted by molar-refractivity contribution is 5.87. The molecule has 31 heavy (non-hydrogen) atoms. The Balaban J connectivity index is 2.14. The van der Waals surface area contributed by atoms with Gasteiger partial charge in [0.05, 0.1) is 10.4 Å². The Kier molecular flexibility index (Phi) is 6.63. The predicted octanol–water partition coefficient (Wildman–Crippen LogP) is 3.29. The monoisotopic (exact) mass is 436 g/mol. The van der Waals surface area contributed by atoms with Gasteiger partial charge in [-0.15, -0.1) is 0 Å². The van der Waals surface area contributed by atoms with Crippen LogP contribution in [0, 0.1) is 10.1 Å². The maximum Gasteiger partial charge on any atom is 0.422 e. The first kappa shape index (κ1) is 22.7. The van der Waals surface area contributed by atoms with Gasteiger partial charge >= 0.3 is 6.18 Å². The average molecular weight is 436 g/mol. The molecule has 3 aromatic rings. The third-order valence-corrected chi connectivity index (χ3v) is 5.13. The third-order valence-electron chi connectivity index (χ3n) is 5.13. The highest BCUT2D eigenvalue weighted by Gasteiger charge is 2.56. The molecule has 166 valence electrons. The van der Waals surface area contributed by atoms with Crippen LogP contribution < -0.4 is 11.1 Å². The van der Waals surface area contributed by atoms with Crippen molar-refractivity contribution in [2.24, 2.45) is 5.73 Å². The lowest BCUT2D eigenvalue weighted by atomic mass is 9.92. The van der Waals surface area contributed by atoms with Gasteiger partial charge in [-0.05, 0) is 31.1 Å². The number of nitrogens with zero attached hydrogens (tertiary/aromatic N) is 2. The fourth-order valence-corrected chi connectivity index (χ4v) is 3.48. The largest absolute Gasteiger partial charge is 0.422 e. The molecule has 4 N–H and O–H groups in total. The van der Waals surface area contributed by atoms with Gasteiger partial charge in [0.25, 0.3) is 5.69 Å². The molecule has 3 rings (SSSR count). The molecule has 1 atom stereocenters. The maximum atomic E-state index is 14.0. The molecule has 0 saturated heterocycles. The van der Waals surface area contributed by atoms with Crippen molar-refractivity contribution in [1.29, 1.82) is 0 Å². The van der Waals surface area contributed by atoms with Gasteiger partial charge in [-0.3, -0.25) is 10.1 Å². The highest BCUT2D eigenvalue weighted by Crippen LogP contribution is 2.43. The van der Waals surface area contributed by atoms with E-state index in [4.69, 9.17) is 5.73 Å². The number of nitro benzene ring substituents is 1. The second-order valence-corrected chi connectivity index (χ2v) is 7.29. The second kappa shape index (κ2) is 9.04. The van der Waals surface area contributed by atoms with Crippen LogP contribution in [-0.2, 0) is 12.1 Å².